The molecule has 2 aromatic rings. The van der Waals surface area contributed by atoms with Gasteiger partial charge in [-0.15, -0.1) is 0 Å². The molecule has 1 aromatic carbocycles. The van der Waals surface area contributed by atoms with Gasteiger partial charge in [0.15, 0.2) is 0 Å². The number of hydrogen-bond acceptors (Lipinski definition) is 2. The van der Waals surface area contributed by atoms with Crippen molar-refractivity contribution in [2.45, 2.75) is 33.4 Å². The average molecular weight is 243 g/mol. The molecule has 0 saturated carbocycles. The third kappa shape index (κ3) is 2.79. The molecule has 0 radical (unpaired) electrons. The number of nitrogens with zero attached hydrogens (tertiary/aromatic N) is 2. The minimum absolute atomic E-state index is 0.349. The summed E-state index contributed by atoms with van der Waals surface area (Å²) in [6, 6.07) is 11.0. The quantitative estimate of drug-likeness (QED) is 0.895. The van der Waals surface area contributed by atoms with Crippen molar-refractivity contribution < 1.29 is 0 Å². The van der Waals surface area contributed by atoms with Crippen LogP contribution in [0.1, 0.15) is 35.5 Å². The van der Waals surface area contributed by atoms with E-state index in [0.717, 1.165) is 12.2 Å². The molecule has 0 bridgehead atoms. The van der Waals surface area contributed by atoms with Gasteiger partial charge in [-0.3, -0.25) is 4.68 Å². The first-order chi connectivity index (χ1) is 8.58. The third-order valence-electron chi connectivity index (χ3n) is 3.34. The van der Waals surface area contributed by atoms with E-state index >= 15 is 0 Å². The lowest BCUT2D eigenvalue weighted by molar-refractivity contribution is 0.546. The summed E-state index contributed by atoms with van der Waals surface area (Å²) in [5, 5.41) is 7.91. The van der Waals surface area contributed by atoms with Gasteiger partial charge in [0.05, 0.1) is 11.4 Å². The maximum Gasteiger partial charge on any atom is 0.0597 e. The smallest absolute Gasteiger partial charge is 0.0597 e. The van der Waals surface area contributed by atoms with Crippen molar-refractivity contribution in [3.8, 4) is 0 Å². The van der Waals surface area contributed by atoms with Crippen molar-refractivity contribution in [3.05, 3.63) is 52.8 Å². The molecule has 0 aliphatic heterocycles. The zero-order valence-electron chi connectivity index (χ0n) is 11.6. The predicted molar refractivity (Wildman–Crippen MR) is 74.4 cm³/mol. The van der Waals surface area contributed by atoms with Crippen molar-refractivity contribution in [1.29, 1.82) is 0 Å². The second-order valence-corrected chi connectivity index (χ2v) is 4.86. The molecule has 1 unspecified atom stereocenters. The van der Waals surface area contributed by atoms with Gasteiger partial charge in [0.2, 0.25) is 0 Å². The van der Waals surface area contributed by atoms with Crippen LogP contribution in [0.2, 0.25) is 0 Å². The Kier molecular flexibility index (Phi) is 3.82. The summed E-state index contributed by atoms with van der Waals surface area (Å²) >= 11 is 0. The van der Waals surface area contributed by atoms with Gasteiger partial charge in [-0.2, -0.15) is 5.10 Å². The number of rotatable bonds is 4. The van der Waals surface area contributed by atoms with E-state index in [4.69, 9.17) is 0 Å². The molecule has 96 valence electrons. The lowest BCUT2D eigenvalue weighted by Crippen LogP contribution is -2.20. The van der Waals surface area contributed by atoms with E-state index in [0.29, 0.717) is 6.04 Å². The van der Waals surface area contributed by atoms with E-state index in [2.05, 4.69) is 54.6 Å². The summed E-state index contributed by atoms with van der Waals surface area (Å²) in [5.74, 6) is 0. The van der Waals surface area contributed by atoms with E-state index in [9.17, 15) is 0 Å². The highest BCUT2D eigenvalue weighted by atomic mass is 15.3. The summed E-state index contributed by atoms with van der Waals surface area (Å²) in [6.07, 6.45) is 0. The molecule has 1 atom stereocenters. The minimum atomic E-state index is 0.349. The normalized spacial score (nSPS) is 12.7. The van der Waals surface area contributed by atoms with E-state index in [1.807, 2.05) is 18.7 Å². The van der Waals surface area contributed by atoms with Crippen molar-refractivity contribution in [3.63, 3.8) is 0 Å². The van der Waals surface area contributed by atoms with Crippen LogP contribution in [0.5, 0.6) is 0 Å². The first-order valence-corrected chi connectivity index (χ1v) is 6.36. The molecule has 3 heteroatoms. The molecule has 0 aliphatic rings. The SMILES string of the molecule is Cc1cc(CNC(C)c2ccccc2C)n(C)n1. The summed E-state index contributed by atoms with van der Waals surface area (Å²) in [6.45, 7) is 7.22. The molecule has 3 nitrogen and oxygen atoms in total. The van der Waals surface area contributed by atoms with Gasteiger partial charge in [-0.05, 0) is 38.0 Å². The van der Waals surface area contributed by atoms with Crippen LogP contribution in [0, 0.1) is 13.8 Å². The highest BCUT2D eigenvalue weighted by Crippen LogP contribution is 2.17. The van der Waals surface area contributed by atoms with Crippen LogP contribution >= 0.6 is 0 Å². The molecule has 0 saturated heterocycles. The number of nitrogens with one attached hydrogen (secondary N) is 1. The van der Waals surface area contributed by atoms with Crippen molar-refractivity contribution in [1.82, 2.24) is 15.1 Å². The maximum atomic E-state index is 4.36. The second kappa shape index (κ2) is 5.36. The van der Waals surface area contributed by atoms with E-state index in [-0.39, 0.29) is 0 Å². The van der Waals surface area contributed by atoms with Gasteiger partial charge in [-0.25, -0.2) is 0 Å². The Morgan fingerprint density at radius 2 is 2.00 bits per heavy atom. The van der Waals surface area contributed by atoms with Crippen LogP contribution in [0.4, 0.5) is 0 Å². The van der Waals surface area contributed by atoms with E-state index < -0.39 is 0 Å². The largest absolute Gasteiger partial charge is 0.305 e. The van der Waals surface area contributed by atoms with Gasteiger partial charge >= 0.3 is 0 Å². The first-order valence-electron chi connectivity index (χ1n) is 6.36. The van der Waals surface area contributed by atoms with E-state index in [1.165, 1.54) is 16.8 Å². The number of hydrogen-bond donors (Lipinski definition) is 1. The van der Waals surface area contributed by atoms with Crippen LogP contribution in [-0.2, 0) is 13.6 Å². The Labute approximate surface area is 109 Å². The molecule has 0 spiro atoms. The van der Waals surface area contributed by atoms with Gasteiger partial charge in [-0.1, -0.05) is 24.3 Å². The van der Waals surface area contributed by atoms with Crippen molar-refractivity contribution in [2.75, 3.05) is 0 Å². The molecular weight excluding hydrogens is 222 g/mol. The average Bonchev–Trinajstić information content (AvgIpc) is 2.65. The van der Waals surface area contributed by atoms with Gasteiger partial charge in [0.1, 0.15) is 0 Å². The van der Waals surface area contributed by atoms with Crippen molar-refractivity contribution in [2.24, 2.45) is 7.05 Å². The van der Waals surface area contributed by atoms with Gasteiger partial charge in [0.25, 0.3) is 0 Å². The zero-order valence-corrected chi connectivity index (χ0v) is 11.6. The van der Waals surface area contributed by atoms with E-state index in [1.54, 1.807) is 0 Å². The molecule has 0 aliphatic carbocycles. The Morgan fingerprint density at radius 3 is 2.61 bits per heavy atom. The monoisotopic (exact) mass is 243 g/mol. The van der Waals surface area contributed by atoms with Crippen LogP contribution in [0.3, 0.4) is 0 Å². The minimum Gasteiger partial charge on any atom is -0.305 e. The topological polar surface area (TPSA) is 29.9 Å². The van der Waals surface area contributed by atoms with Crippen LogP contribution in [0.15, 0.2) is 30.3 Å². The summed E-state index contributed by atoms with van der Waals surface area (Å²) < 4.78 is 1.94. The molecule has 0 fully saturated rings. The fraction of sp³-hybridized carbons (Fsp3) is 0.400. The van der Waals surface area contributed by atoms with Gasteiger partial charge in [0, 0.05) is 19.6 Å². The summed E-state index contributed by atoms with van der Waals surface area (Å²) in [5.41, 5.74) is 4.97. The Hall–Kier alpha value is -1.61. The van der Waals surface area contributed by atoms with Crippen LogP contribution in [-0.4, -0.2) is 9.78 Å². The molecule has 18 heavy (non-hydrogen) atoms. The highest BCUT2D eigenvalue weighted by Gasteiger charge is 2.08. The Morgan fingerprint density at radius 1 is 1.28 bits per heavy atom. The maximum absolute atomic E-state index is 4.36. The molecule has 1 aromatic heterocycles. The molecule has 0 amide bonds. The van der Waals surface area contributed by atoms with Gasteiger partial charge < -0.3 is 5.32 Å². The number of benzene rings is 1. The summed E-state index contributed by atoms with van der Waals surface area (Å²) in [4.78, 5) is 0. The zero-order chi connectivity index (χ0) is 13.1. The number of aryl methyl sites for hydroxylation is 3. The van der Waals surface area contributed by atoms with Crippen LogP contribution < -0.4 is 5.32 Å². The number of aromatic nitrogens is 2. The lowest BCUT2D eigenvalue weighted by atomic mass is 10.0. The third-order valence-corrected chi connectivity index (χ3v) is 3.34. The molecule has 1 N–H and O–H groups in total. The van der Waals surface area contributed by atoms with Crippen molar-refractivity contribution >= 4 is 0 Å². The second-order valence-electron chi connectivity index (χ2n) is 4.86. The molecule has 1 heterocycles. The van der Waals surface area contributed by atoms with Crippen LogP contribution in [0.25, 0.3) is 0 Å². The predicted octanol–water partition coefficient (Wildman–Crippen LogP) is 2.89. The molecular formula is C15H21N3. The summed E-state index contributed by atoms with van der Waals surface area (Å²) in [7, 11) is 1.99. The first kappa shape index (κ1) is 12.8. The lowest BCUT2D eigenvalue weighted by Gasteiger charge is -2.16. The Bertz CT molecular complexity index is 528. The Balaban J connectivity index is 2.03. The fourth-order valence-corrected chi connectivity index (χ4v) is 2.27. The molecule has 2 rings (SSSR count). The highest BCUT2D eigenvalue weighted by molar-refractivity contribution is 5.28. The fourth-order valence-electron chi connectivity index (χ4n) is 2.27. The standard InChI is InChI=1S/C15H21N3/c1-11-7-5-6-8-15(11)13(3)16-10-14-9-12(2)17-18(14)4/h5-9,13,16H,10H2,1-4H3.